The van der Waals surface area contributed by atoms with Crippen LogP contribution in [0.4, 0.5) is 10.1 Å². The third-order valence-corrected chi connectivity index (χ3v) is 5.48. The van der Waals surface area contributed by atoms with Gasteiger partial charge in [-0.3, -0.25) is 4.79 Å². The lowest BCUT2D eigenvalue weighted by Crippen LogP contribution is -2.41. The molecular weight excluding hydrogens is 359 g/mol. The minimum Gasteiger partial charge on any atom is -0.495 e. The van der Waals surface area contributed by atoms with Gasteiger partial charge in [0.25, 0.3) is 0 Å². The number of anilines is 1. The summed E-state index contributed by atoms with van der Waals surface area (Å²) in [5.41, 5.74) is 2.64. The second-order valence-corrected chi connectivity index (χ2v) is 7.61. The summed E-state index contributed by atoms with van der Waals surface area (Å²) in [4.78, 5) is 11.9. The van der Waals surface area contributed by atoms with Crippen molar-refractivity contribution >= 4 is 21.6 Å². The minimum atomic E-state index is -4.15. The van der Waals surface area contributed by atoms with Crippen LogP contribution in [-0.2, 0) is 14.8 Å². The summed E-state index contributed by atoms with van der Waals surface area (Å²) in [7, 11) is -2.87. The maximum Gasteiger partial charge on any atom is 0.245 e. The number of methoxy groups -OCH3 is 1. The van der Waals surface area contributed by atoms with Gasteiger partial charge in [-0.05, 0) is 62.2 Å². The summed E-state index contributed by atoms with van der Waals surface area (Å²) >= 11 is 0. The molecule has 2 aromatic carbocycles. The number of benzene rings is 2. The first kappa shape index (κ1) is 19.9. The fourth-order valence-corrected chi connectivity index (χ4v) is 3.66. The Hall–Kier alpha value is -2.45. The molecule has 0 heterocycles. The van der Waals surface area contributed by atoms with Crippen molar-refractivity contribution in [1.82, 2.24) is 4.72 Å². The topological polar surface area (TPSA) is 84.5 Å². The lowest BCUT2D eigenvalue weighted by molar-refractivity contribution is -0.117. The Balaban J connectivity index is 2.17. The first-order valence-corrected chi connectivity index (χ1v) is 9.36. The Bertz CT molecular complexity index is 929. The summed E-state index contributed by atoms with van der Waals surface area (Å²) in [5, 5.41) is 2.65. The van der Waals surface area contributed by atoms with Crippen LogP contribution in [0.2, 0.25) is 0 Å². The van der Waals surface area contributed by atoms with Gasteiger partial charge in [-0.25, -0.2) is 12.8 Å². The van der Waals surface area contributed by atoms with E-state index in [4.69, 9.17) is 4.74 Å². The van der Waals surface area contributed by atoms with Crippen LogP contribution >= 0.6 is 0 Å². The highest BCUT2D eigenvalue weighted by atomic mass is 32.2. The molecule has 26 heavy (non-hydrogen) atoms. The Kier molecular flexibility index (Phi) is 5.99. The van der Waals surface area contributed by atoms with Gasteiger partial charge in [0.15, 0.2) is 0 Å². The summed E-state index contributed by atoms with van der Waals surface area (Å²) in [5.74, 6) is -1.27. The van der Waals surface area contributed by atoms with Gasteiger partial charge in [0.2, 0.25) is 15.9 Å². The zero-order valence-corrected chi connectivity index (χ0v) is 15.8. The third kappa shape index (κ3) is 4.59. The molecule has 2 rings (SSSR count). The van der Waals surface area contributed by atoms with Crippen LogP contribution in [0.5, 0.6) is 5.75 Å². The van der Waals surface area contributed by atoms with Crippen molar-refractivity contribution in [2.75, 3.05) is 12.4 Å². The van der Waals surface area contributed by atoms with Gasteiger partial charge in [-0.15, -0.1) is 0 Å². The van der Waals surface area contributed by atoms with E-state index in [9.17, 15) is 17.6 Å². The van der Waals surface area contributed by atoms with Gasteiger partial charge in [0.05, 0.1) is 13.2 Å². The SMILES string of the molecule is COc1ccc(F)cc1S(=O)(=O)NC(C)C(=O)Nc1ccc(C)c(C)c1. The fourth-order valence-electron chi connectivity index (χ4n) is 2.28. The van der Waals surface area contributed by atoms with Crippen molar-refractivity contribution in [3.05, 3.63) is 53.3 Å². The van der Waals surface area contributed by atoms with Crippen LogP contribution in [0, 0.1) is 19.7 Å². The smallest absolute Gasteiger partial charge is 0.245 e. The molecule has 0 aliphatic rings. The predicted octanol–water partition coefficient (Wildman–Crippen LogP) is 2.76. The highest BCUT2D eigenvalue weighted by Gasteiger charge is 2.25. The molecule has 0 bridgehead atoms. The summed E-state index contributed by atoms with van der Waals surface area (Å²) in [6.45, 7) is 5.26. The van der Waals surface area contributed by atoms with Crippen molar-refractivity contribution < 1.29 is 22.3 Å². The van der Waals surface area contributed by atoms with E-state index in [1.807, 2.05) is 19.9 Å². The van der Waals surface area contributed by atoms with Crippen LogP contribution in [-0.4, -0.2) is 27.5 Å². The summed E-state index contributed by atoms with van der Waals surface area (Å²) in [6, 6.07) is 7.46. The lowest BCUT2D eigenvalue weighted by atomic mass is 10.1. The number of aryl methyl sites for hydroxylation is 2. The molecule has 1 amide bonds. The number of hydrogen-bond acceptors (Lipinski definition) is 4. The monoisotopic (exact) mass is 380 g/mol. The van der Waals surface area contributed by atoms with Gasteiger partial charge in [0.1, 0.15) is 16.5 Å². The minimum absolute atomic E-state index is 0.0133. The van der Waals surface area contributed by atoms with Crippen LogP contribution < -0.4 is 14.8 Å². The molecule has 8 heteroatoms. The number of ether oxygens (including phenoxy) is 1. The highest BCUT2D eigenvalue weighted by molar-refractivity contribution is 7.89. The van der Waals surface area contributed by atoms with Crippen LogP contribution in [0.15, 0.2) is 41.3 Å². The van der Waals surface area contributed by atoms with E-state index in [0.717, 1.165) is 23.3 Å². The van der Waals surface area contributed by atoms with Crippen LogP contribution in [0.3, 0.4) is 0 Å². The summed E-state index contributed by atoms with van der Waals surface area (Å²) in [6.07, 6.45) is 0. The zero-order chi connectivity index (χ0) is 19.5. The van der Waals surface area contributed by atoms with Gasteiger partial charge in [0, 0.05) is 5.69 Å². The first-order valence-electron chi connectivity index (χ1n) is 7.88. The van der Waals surface area contributed by atoms with Crippen LogP contribution in [0.25, 0.3) is 0 Å². The van der Waals surface area contributed by atoms with E-state index >= 15 is 0 Å². The molecule has 0 aliphatic carbocycles. The number of amides is 1. The maximum absolute atomic E-state index is 13.4. The first-order chi connectivity index (χ1) is 12.1. The van der Waals surface area contributed by atoms with E-state index in [2.05, 4.69) is 10.0 Å². The van der Waals surface area contributed by atoms with Gasteiger partial charge in [-0.1, -0.05) is 6.07 Å². The number of carbonyl (C=O) groups is 1. The standard InChI is InChI=1S/C18H21FN2O4S/c1-11-5-7-15(9-12(11)2)20-18(22)13(3)21-26(23,24)17-10-14(19)6-8-16(17)25-4/h5-10,13,21H,1-4H3,(H,20,22). The number of carbonyl (C=O) groups excluding carboxylic acids is 1. The largest absolute Gasteiger partial charge is 0.495 e. The number of halogens is 1. The quantitative estimate of drug-likeness (QED) is 0.807. The predicted molar refractivity (Wildman–Crippen MR) is 97.3 cm³/mol. The molecule has 6 nitrogen and oxygen atoms in total. The Morgan fingerprint density at radius 1 is 1.12 bits per heavy atom. The molecule has 1 unspecified atom stereocenters. The van der Waals surface area contributed by atoms with Gasteiger partial charge in [-0.2, -0.15) is 4.72 Å². The average molecular weight is 380 g/mol. The van der Waals surface area contributed by atoms with Crippen molar-refractivity contribution in [3.63, 3.8) is 0 Å². The van der Waals surface area contributed by atoms with Crippen molar-refractivity contribution in [3.8, 4) is 5.75 Å². The molecule has 0 radical (unpaired) electrons. The van der Waals surface area contributed by atoms with E-state index in [-0.39, 0.29) is 10.6 Å². The van der Waals surface area contributed by atoms with Crippen molar-refractivity contribution in [1.29, 1.82) is 0 Å². The number of rotatable bonds is 6. The number of sulfonamides is 1. The van der Waals surface area contributed by atoms with Gasteiger partial charge < -0.3 is 10.1 Å². The molecule has 2 aromatic rings. The second-order valence-electron chi connectivity index (χ2n) is 5.93. The fraction of sp³-hybridized carbons (Fsp3) is 0.278. The highest BCUT2D eigenvalue weighted by Crippen LogP contribution is 2.24. The molecule has 0 aromatic heterocycles. The van der Waals surface area contributed by atoms with Gasteiger partial charge >= 0.3 is 0 Å². The number of hydrogen-bond donors (Lipinski definition) is 2. The van der Waals surface area contributed by atoms with E-state index < -0.39 is 27.8 Å². The van der Waals surface area contributed by atoms with Crippen molar-refractivity contribution in [2.45, 2.75) is 31.7 Å². The molecule has 0 spiro atoms. The molecular formula is C18H21FN2O4S. The normalized spacial score (nSPS) is 12.5. The van der Waals surface area contributed by atoms with Crippen LogP contribution in [0.1, 0.15) is 18.1 Å². The Morgan fingerprint density at radius 2 is 1.81 bits per heavy atom. The second kappa shape index (κ2) is 7.84. The van der Waals surface area contributed by atoms with E-state index in [0.29, 0.717) is 5.69 Å². The summed E-state index contributed by atoms with van der Waals surface area (Å²) < 4.78 is 45.6. The zero-order valence-electron chi connectivity index (χ0n) is 15.0. The molecule has 140 valence electrons. The molecule has 0 fully saturated rings. The lowest BCUT2D eigenvalue weighted by Gasteiger charge is -2.16. The Morgan fingerprint density at radius 3 is 2.42 bits per heavy atom. The number of nitrogens with one attached hydrogen (secondary N) is 2. The molecule has 0 aliphatic heterocycles. The van der Waals surface area contributed by atoms with E-state index in [1.165, 1.54) is 20.1 Å². The molecule has 1 atom stereocenters. The van der Waals surface area contributed by atoms with E-state index in [1.54, 1.807) is 12.1 Å². The average Bonchev–Trinajstić information content (AvgIpc) is 2.57. The van der Waals surface area contributed by atoms with Crippen molar-refractivity contribution in [2.24, 2.45) is 0 Å². The maximum atomic E-state index is 13.4. The third-order valence-electron chi connectivity index (χ3n) is 3.91. The molecule has 0 saturated carbocycles. The molecule has 2 N–H and O–H groups in total. The Labute approximate surface area is 152 Å². The molecule has 0 saturated heterocycles.